The normalized spacial score (nSPS) is 11.1. The highest BCUT2D eigenvalue weighted by molar-refractivity contribution is 6.00. The Morgan fingerprint density at radius 1 is 1.14 bits per heavy atom. The standard InChI is InChI=1S/C22H15N3O3/c23-11-15-5-7-17(8-6-15)24-12-16-13-25(20-4-2-1-3-19(16)20)14-18-9-10-21(28-18)22(26)27/h1-10,12-13H,14H2,(H,26,27). The number of benzene rings is 2. The van der Waals surface area contributed by atoms with Gasteiger partial charge in [0.05, 0.1) is 23.9 Å². The van der Waals surface area contributed by atoms with Crippen molar-refractivity contribution in [3.8, 4) is 6.07 Å². The Kier molecular flexibility index (Phi) is 4.48. The number of carbonyl (C=O) groups is 1. The third kappa shape index (κ3) is 3.41. The molecule has 0 spiro atoms. The molecule has 0 aliphatic carbocycles. The first-order chi connectivity index (χ1) is 13.6. The number of aromatic carboxylic acids is 1. The highest BCUT2D eigenvalue weighted by Crippen LogP contribution is 2.23. The SMILES string of the molecule is N#Cc1ccc(N=Cc2cn(Cc3ccc(C(=O)O)o3)c3ccccc23)cc1. The molecule has 2 aromatic carbocycles. The molecule has 0 fully saturated rings. The minimum atomic E-state index is -1.08. The van der Waals surface area contributed by atoms with Gasteiger partial charge in [-0.25, -0.2) is 4.79 Å². The third-order valence-corrected chi connectivity index (χ3v) is 4.37. The van der Waals surface area contributed by atoms with Crippen molar-refractivity contribution in [1.82, 2.24) is 4.57 Å². The van der Waals surface area contributed by atoms with E-state index >= 15 is 0 Å². The molecule has 0 radical (unpaired) electrons. The van der Waals surface area contributed by atoms with Crippen molar-refractivity contribution in [1.29, 1.82) is 5.26 Å². The molecule has 4 rings (SSSR count). The van der Waals surface area contributed by atoms with Gasteiger partial charge >= 0.3 is 5.97 Å². The molecular weight excluding hydrogens is 354 g/mol. The molecule has 4 aromatic rings. The lowest BCUT2D eigenvalue weighted by Crippen LogP contribution is -1.97. The molecule has 6 nitrogen and oxygen atoms in total. The molecule has 0 atom stereocenters. The van der Waals surface area contributed by atoms with Crippen molar-refractivity contribution in [2.24, 2.45) is 4.99 Å². The van der Waals surface area contributed by atoms with Crippen molar-refractivity contribution >= 4 is 28.8 Å². The summed E-state index contributed by atoms with van der Waals surface area (Å²) in [4.78, 5) is 15.5. The van der Waals surface area contributed by atoms with Gasteiger partial charge in [0.1, 0.15) is 5.76 Å². The van der Waals surface area contributed by atoms with E-state index in [1.165, 1.54) is 6.07 Å². The van der Waals surface area contributed by atoms with Crippen molar-refractivity contribution in [3.63, 3.8) is 0 Å². The van der Waals surface area contributed by atoms with Crippen LogP contribution in [-0.4, -0.2) is 21.9 Å². The summed E-state index contributed by atoms with van der Waals surface area (Å²) in [6.45, 7) is 0.415. The Bertz CT molecular complexity index is 1220. The maximum Gasteiger partial charge on any atom is 0.371 e. The first kappa shape index (κ1) is 17.3. The van der Waals surface area contributed by atoms with Crippen LogP contribution in [-0.2, 0) is 6.54 Å². The summed E-state index contributed by atoms with van der Waals surface area (Å²) < 4.78 is 7.38. The monoisotopic (exact) mass is 369 g/mol. The number of rotatable bonds is 5. The van der Waals surface area contributed by atoms with Crippen molar-refractivity contribution in [3.05, 3.63) is 89.5 Å². The lowest BCUT2D eigenvalue weighted by Gasteiger charge is -2.02. The molecule has 28 heavy (non-hydrogen) atoms. The number of aromatic nitrogens is 1. The van der Waals surface area contributed by atoms with Gasteiger partial charge < -0.3 is 14.1 Å². The predicted molar refractivity (Wildman–Crippen MR) is 105 cm³/mol. The largest absolute Gasteiger partial charge is 0.475 e. The summed E-state index contributed by atoms with van der Waals surface area (Å²) in [6.07, 6.45) is 3.74. The molecule has 0 amide bonds. The third-order valence-electron chi connectivity index (χ3n) is 4.37. The van der Waals surface area contributed by atoms with E-state index < -0.39 is 5.97 Å². The van der Waals surface area contributed by atoms with Crippen LogP contribution in [0.2, 0.25) is 0 Å². The molecule has 2 aromatic heterocycles. The van der Waals surface area contributed by atoms with Crippen LogP contribution in [0.5, 0.6) is 0 Å². The molecule has 0 unspecified atom stereocenters. The summed E-state index contributed by atoms with van der Waals surface area (Å²) >= 11 is 0. The molecule has 0 bridgehead atoms. The molecule has 2 heterocycles. The average molecular weight is 369 g/mol. The molecule has 0 saturated heterocycles. The van der Waals surface area contributed by atoms with Gasteiger partial charge in [-0.15, -0.1) is 0 Å². The van der Waals surface area contributed by atoms with E-state index in [0.717, 1.165) is 22.2 Å². The predicted octanol–water partition coefficient (Wildman–Crippen LogP) is 4.60. The van der Waals surface area contributed by atoms with Gasteiger partial charge in [-0.3, -0.25) is 4.99 Å². The summed E-state index contributed by atoms with van der Waals surface area (Å²) in [5.41, 5.74) is 3.28. The number of carboxylic acids is 1. The number of aliphatic imine (C=N–C) groups is 1. The van der Waals surface area contributed by atoms with Crippen molar-refractivity contribution in [2.75, 3.05) is 0 Å². The highest BCUT2D eigenvalue weighted by Gasteiger charge is 2.12. The van der Waals surface area contributed by atoms with E-state index in [9.17, 15) is 4.79 Å². The number of hydrogen-bond acceptors (Lipinski definition) is 4. The van der Waals surface area contributed by atoms with Crippen LogP contribution in [0.15, 0.2) is 76.3 Å². The second-order valence-corrected chi connectivity index (χ2v) is 6.22. The van der Waals surface area contributed by atoms with Gasteiger partial charge in [0.2, 0.25) is 5.76 Å². The zero-order chi connectivity index (χ0) is 19.5. The van der Waals surface area contributed by atoms with Crippen LogP contribution in [0.3, 0.4) is 0 Å². The molecular formula is C22H15N3O3. The van der Waals surface area contributed by atoms with Gasteiger partial charge in [0, 0.05) is 28.9 Å². The summed E-state index contributed by atoms with van der Waals surface area (Å²) in [5, 5.41) is 18.9. The number of furan rings is 1. The fraction of sp³-hybridized carbons (Fsp3) is 0.0455. The van der Waals surface area contributed by atoms with Gasteiger partial charge in [0.25, 0.3) is 0 Å². The Morgan fingerprint density at radius 3 is 2.64 bits per heavy atom. The van der Waals surface area contributed by atoms with E-state index in [-0.39, 0.29) is 5.76 Å². The number of para-hydroxylation sites is 1. The van der Waals surface area contributed by atoms with Gasteiger partial charge in [-0.1, -0.05) is 18.2 Å². The maximum atomic E-state index is 11.0. The Morgan fingerprint density at radius 2 is 1.93 bits per heavy atom. The van der Waals surface area contributed by atoms with Gasteiger partial charge in [0.15, 0.2) is 0 Å². The van der Waals surface area contributed by atoms with Crippen LogP contribution >= 0.6 is 0 Å². The molecule has 0 saturated carbocycles. The zero-order valence-electron chi connectivity index (χ0n) is 14.7. The highest BCUT2D eigenvalue weighted by atomic mass is 16.4. The van der Waals surface area contributed by atoms with Crippen molar-refractivity contribution in [2.45, 2.75) is 6.54 Å². The minimum Gasteiger partial charge on any atom is -0.475 e. The molecule has 136 valence electrons. The minimum absolute atomic E-state index is 0.0749. The van der Waals surface area contributed by atoms with Gasteiger partial charge in [-0.2, -0.15) is 5.26 Å². The van der Waals surface area contributed by atoms with E-state index in [4.69, 9.17) is 14.8 Å². The fourth-order valence-corrected chi connectivity index (χ4v) is 3.02. The number of nitriles is 1. The van der Waals surface area contributed by atoms with Crippen LogP contribution < -0.4 is 0 Å². The lowest BCUT2D eigenvalue weighted by molar-refractivity contribution is 0.0660. The first-order valence-corrected chi connectivity index (χ1v) is 8.58. The summed E-state index contributed by atoms with van der Waals surface area (Å²) in [6, 6.07) is 20.2. The smallest absolute Gasteiger partial charge is 0.371 e. The molecule has 0 aliphatic rings. The summed E-state index contributed by atoms with van der Waals surface area (Å²) in [5.74, 6) is -0.596. The van der Waals surface area contributed by atoms with Crippen LogP contribution in [0.4, 0.5) is 5.69 Å². The summed E-state index contributed by atoms with van der Waals surface area (Å²) in [7, 11) is 0. The molecule has 1 N–H and O–H groups in total. The molecule has 6 heteroatoms. The fourth-order valence-electron chi connectivity index (χ4n) is 3.02. The topological polar surface area (TPSA) is 91.5 Å². The number of fused-ring (bicyclic) bond motifs is 1. The van der Waals surface area contributed by atoms with Crippen LogP contribution in [0, 0.1) is 11.3 Å². The number of hydrogen-bond donors (Lipinski definition) is 1. The number of carboxylic acid groups (broad SMARTS) is 1. The second kappa shape index (κ2) is 7.25. The zero-order valence-corrected chi connectivity index (χ0v) is 14.7. The average Bonchev–Trinajstić information content (AvgIpc) is 3.33. The van der Waals surface area contributed by atoms with E-state index in [2.05, 4.69) is 11.1 Å². The van der Waals surface area contributed by atoms with Crippen LogP contribution in [0.1, 0.15) is 27.4 Å². The number of nitrogens with zero attached hydrogens (tertiary/aromatic N) is 3. The Balaban J connectivity index is 1.66. The molecule has 0 aliphatic heterocycles. The van der Waals surface area contributed by atoms with Crippen molar-refractivity contribution < 1.29 is 14.3 Å². The van der Waals surface area contributed by atoms with Gasteiger partial charge in [-0.05, 0) is 42.5 Å². The maximum absolute atomic E-state index is 11.0. The van der Waals surface area contributed by atoms with E-state index in [0.29, 0.717) is 17.9 Å². The quantitative estimate of drug-likeness (QED) is 0.520. The first-order valence-electron chi connectivity index (χ1n) is 8.58. The lowest BCUT2D eigenvalue weighted by atomic mass is 10.2. The second-order valence-electron chi connectivity index (χ2n) is 6.22. The van der Waals surface area contributed by atoms with E-state index in [1.54, 1.807) is 36.5 Å². The Hall–Kier alpha value is -4.11. The van der Waals surface area contributed by atoms with Crippen LogP contribution in [0.25, 0.3) is 10.9 Å². The Labute approximate surface area is 160 Å². The van der Waals surface area contributed by atoms with E-state index in [1.807, 2.05) is 35.0 Å².